The van der Waals surface area contributed by atoms with Crippen LogP contribution in [0.25, 0.3) is 0 Å². The molecule has 0 radical (unpaired) electrons. The summed E-state index contributed by atoms with van der Waals surface area (Å²) in [5.41, 5.74) is -0.149. The van der Waals surface area contributed by atoms with Gasteiger partial charge >= 0.3 is 12.1 Å². The molecule has 0 aromatic rings. The molecule has 0 bridgehead atoms. The lowest BCUT2D eigenvalue weighted by Gasteiger charge is -2.57. The Balaban J connectivity index is 1.95. The molecule has 0 heterocycles. The van der Waals surface area contributed by atoms with Crippen LogP contribution in [-0.4, -0.2) is 48.0 Å². The number of hydrogen-bond acceptors (Lipinski definition) is 3. The molecule has 2 fully saturated rings. The first-order chi connectivity index (χ1) is 18.8. The van der Waals surface area contributed by atoms with E-state index in [0.717, 1.165) is 38.5 Å². The molecule has 4 nitrogen and oxygen atoms in total. The molecule has 1 unspecified atom stereocenters. The second-order valence-corrected chi connectivity index (χ2v) is 26.9. The molecule has 3 rings (SSSR count). The average Bonchev–Trinajstić information content (AvgIpc) is 3.22. The molecule has 0 aliphatic heterocycles. The topological polar surface area (TPSA) is 47.6 Å². The first kappa shape index (κ1) is 35.8. The zero-order valence-electron chi connectivity index (χ0n) is 28.6. The number of rotatable bonds is 8. The van der Waals surface area contributed by atoms with Crippen molar-refractivity contribution < 1.29 is 26.8 Å². The molecular formula is C33H60F3NO3Si2. The van der Waals surface area contributed by atoms with Gasteiger partial charge in [-0.25, -0.2) is 0 Å². The van der Waals surface area contributed by atoms with E-state index in [-0.39, 0.29) is 57.2 Å². The number of hydrogen-bond donors (Lipinski definition) is 1. The maximum atomic E-state index is 13.3. The van der Waals surface area contributed by atoms with E-state index in [9.17, 15) is 18.0 Å². The average molecular weight is 632 g/mol. The van der Waals surface area contributed by atoms with E-state index in [0.29, 0.717) is 6.61 Å². The van der Waals surface area contributed by atoms with Crippen LogP contribution in [0.2, 0.25) is 36.3 Å². The summed E-state index contributed by atoms with van der Waals surface area (Å²) in [5.74, 6) is -1.19. The van der Waals surface area contributed by atoms with Crippen molar-refractivity contribution >= 4 is 22.5 Å². The van der Waals surface area contributed by atoms with E-state index in [1.165, 1.54) is 0 Å². The molecule has 3 aliphatic carbocycles. The molecule has 1 amide bonds. The third kappa shape index (κ3) is 7.42. The Kier molecular flexibility index (Phi) is 10.2. The number of alkyl halides is 3. The van der Waals surface area contributed by atoms with Crippen molar-refractivity contribution in [3.8, 4) is 0 Å². The van der Waals surface area contributed by atoms with Gasteiger partial charge in [0.15, 0.2) is 16.6 Å². The van der Waals surface area contributed by atoms with Crippen molar-refractivity contribution in [3.63, 3.8) is 0 Å². The Morgan fingerprint density at radius 3 is 2.07 bits per heavy atom. The molecule has 2 saturated carbocycles. The lowest BCUT2D eigenvalue weighted by Crippen LogP contribution is -2.56. The highest BCUT2D eigenvalue weighted by Crippen LogP contribution is 2.61. The first-order valence-electron chi connectivity index (χ1n) is 16.2. The van der Waals surface area contributed by atoms with E-state index >= 15 is 0 Å². The third-order valence-electron chi connectivity index (χ3n) is 12.6. The highest BCUT2D eigenvalue weighted by Gasteiger charge is 2.56. The summed E-state index contributed by atoms with van der Waals surface area (Å²) in [6.07, 6.45) is 5.44. The van der Waals surface area contributed by atoms with Crippen LogP contribution >= 0.6 is 0 Å². The van der Waals surface area contributed by atoms with Gasteiger partial charge in [0, 0.05) is 19.3 Å². The largest absolute Gasteiger partial charge is 0.471 e. The zero-order valence-corrected chi connectivity index (χ0v) is 30.6. The first-order valence-corrected chi connectivity index (χ1v) is 22.0. The fourth-order valence-corrected chi connectivity index (χ4v) is 9.99. The van der Waals surface area contributed by atoms with E-state index in [1.807, 2.05) is 0 Å². The van der Waals surface area contributed by atoms with E-state index < -0.39 is 28.7 Å². The fraction of sp³-hybridized carbons (Fsp3) is 0.909. The predicted molar refractivity (Wildman–Crippen MR) is 171 cm³/mol. The highest BCUT2D eigenvalue weighted by molar-refractivity contribution is 6.74. The quantitative estimate of drug-likeness (QED) is 0.214. The molecule has 0 aromatic carbocycles. The molecular weight excluding hydrogens is 572 g/mol. The Morgan fingerprint density at radius 2 is 1.52 bits per heavy atom. The zero-order chi connectivity index (χ0) is 32.2. The van der Waals surface area contributed by atoms with Gasteiger partial charge in [-0.15, -0.1) is 0 Å². The molecule has 1 N–H and O–H groups in total. The Labute approximate surface area is 256 Å². The predicted octanol–water partition coefficient (Wildman–Crippen LogP) is 9.49. The minimum atomic E-state index is -4.87. The Hall–Kier alpha value is -0.646. The van der Waals surface area contributed by atoms with E-state index in [4.69, 9.17) is 8.85 Å². The van der Waals surface area contributed by atoms with Crippen LogP contribution < -0.4 is 5.32 Å². The minimum Gasteiger partial charge on any atom is -0.417 e. The molecule has 7 atom stereocenters. The summed E-state index contributed by atoms with van der Waals surface area (Å²) < 4.78 is 53.7. The standard InChI is InChI=1S/C33H60F3NO3Si2/c1-29(2,3)41(9,10)39-22-23-20-24(40-42(11,12)30(4,5)6)15-19-32(23,8)27-16-18-31(7)17-13-14-26(31)25(27)21-37-28(38)33(34,35)36/h13,17,23-27H,14-16,18-22H2,1-12H3,(H,37,38)/t23-,24?,25+,26+,27+,31+,32+/m1/s1. The van der Waals surface area contributed by atoms with Crippen LogP contribution in [0.3, 0.4) is 0 Å². The fourth-order valence-electron chi connectivity index (χ4n) is 7.54. The Morgan fingerprint density at radius 1 is 0.929 bits per heavy atom. The molecule has 3 aliphatic rings. The summed E-state index contributed by atoms with van der Waals surface area (Å²) in [5, 5.41) is 2.52. The number of fused-ring (bicyclic) bond motifs is 1. The normalized spacial score (nSPS) is 34.8. The minimum absolute atomic E-state index is 0.0247. The highest BCUT2D eigenvalue weighted by atomic mass is 28.4. The lowest BCUT2D eigenvalue weighted by atomic mass is 9.49. The van der Waals surface area contributed by atoms with Crippen LogP contribution in [0, 0.1) is 34.5 Å². The van der Waals surface area contributed by atoms with Crippen molar-refractivity contribution in [1.29, 1.82) is 0 Å². The second kappa shape index (κ2) is 11.9. The monoisotopic (exact) mass is 631 g/mol. The summed E-state index contributed by atoms with van der Waals surface area (Å²) in [6.45, 7) is 28.2. The molecule has 244 valence electrons. The third-order valence-corrected chi connectivity index (χ3v) is 21.6. The Bertz CT molecular complexity index is 1000. The summed E-state index contributed by atoms with van der Waals surface area (Å²) >= 11 is 0. The SMILES string of the molecule is CC(C)(C)[Si](C)(C)OC[C@H]1CC(O[Si](C)(C)C(C)(C)C)CC[C@]1(C)[C@H]1CC[C@]2(C)C=CC[C@H]2[C@@H]1CNC(=O)C(F)(F)F. The van der Waals surface area contributed by atoms with Gasteiger partial charge < -0.3 is 14.2 Å². The molecule has 9 heteroatoms. The van der Waals surface area contributed by atoms with Gasteiger partial charge in [0.1, 0.15) is 0 Å². The number of carbonyl (C=O) groups is 1. The lowest BCUT2D eigenvalue weighted by molar-refractivity contribution is -0.174. The number of halogens is 3. The second-order valence-electron chi connectivity index (χ2n) is 17.3. The maximum absolute atomic E-state index is 13.3. The smallest absolute Gasteiger partial charge is 0.417 e. The molecule has 0 spiro atoms. The van der Waals surface area contributed by atoms with Crippen LogP contribution in [0.1, 0.15) is 93.9 Å². The summed E-state index contributed by atoms with van der Waals surface area (Å²) in [7, 11) is -4.00. The van der Waals surface area contributed by atoms with Gasteiger partial charge in [-0.3, -0.25) is 4.79 Å². The number of carbonyl (C=O) groups excluding carboxylic acids is 1. The van der Waals surface area contributed by atoms with Crippen LogP contribution in [0.5, 0.6) is 0 Å². The van der Waals surface area contributed by atoms with Crippen molar-refractivity contribution in [2.24, 2.45) is 34.5 Å². The number of allylic oxidation sites excluding steroid dienone is 2. The maximum Gasteiger partial charge on any atom is 0.471 e. The summed E-state index contributed by atoms with van der Waals surface area (Å²) in [4.78, 5) is 12.0. The van der Waals surface area contributed by atoms with Gasteiger partial charge in [0.2, 0.25) is 0 Å². The van der Waals surface area contributed by atoms with Crippen molar-refractivity contribution in [2.45, 2.75) is 142 Å². The molecule has 0 aromatic heterocycles. The number of nitrogens with one attached hydrogen (secondary N) is 1. The van der Waals surface area contributed by atoms with Crippen molar-refractivity contribution in [2.75, 3.05) is 13.2 Å². The van der Waals surface area contributed by atoms with Crippen molar-refractivity contribution in [1.82, 2.24) is 5.32 Å². The van der Waals surface area contributed by atoms with Gasteiger partial charge in [-0.1, -0.05) is 67.5 Å². The van der Waals surface area contributed by atoms with Crippen LogP contribution in [0.15, 0.2) is 12.2 Å². The number of amides is 1. The van der Waals surface area contributed by atoms with Crippen LogP contribution in [-0.2, 0) is 13.6 Å². The summed E-state index contributed by atoms with van der Waals surface area (Å²) in [6, 6.07) is 0. The molecule has 42 heavy (non-hydrogen) atoms. The van der Waals surface area contributed by atoms with E-state index in [2.05, 4.69) is 99.0 Å². The van der Waals surface area contributed by atoms with Gasteiger partial charge in [-0.2, -0.15) is 13.2 Å². The van der Waals surface area contributed by atoms with Gasteiger partial charge in [0.05, 0.1) is 0 Å². The van der Waals surface area contributed by atoms with E-state index in [1.54, 1.807) is 0 Å². The van der Waals surface area contributed by atoms with Gasteiger partial charge in [0.25, 0.3) is 0 Å². The van der Waals surface area contributed by atoms with Crippen LogP contribution in [0.4, 0.5) is 13.2 Å². The molecule has 0 saturated heterocycles. The van der Waals surface area contributed by atoms with Gasteiger partial charge in [-0.05, 0) is 109 Å². The van der Waals surface area contributed by atoms with Crippen molar-refractivity contribution in [3.05, 3.63) is 12.2 Å².